The number of hydrogen-bond acceptors (Lipinski definition) is 3. The fourth-order valence-electron chi connectivity index (χ4n) is 2.30. The highest BCUT2D eigenvalue weighted by atomic mass is 19.1. The molecule has 0 aromatic rings. The van der Waals surface area contributed by atoms with E-state index >= 15 is 0 Å². The average molecular weight is 216 g/mol. The van der Waals surface area contributed by atoms with Crippen LogP contribution >= 0.6 is 0 Å². The maximum Gasteiger partial charge on any atom is 0.409 e. The van der Waals surface area contributed by atoms with Gasteiger partial charge < -0.3 is 15.0 Å². The number of carbonyl (C=O) groups is 1. The van der Waals surface area contributed by atoms with E-state index in [1.807, 2.05) is 0 Å². The van der Waals surface area contributed by atoms with Crippen molar-refractivity contribution in [2.24, 2.45) is 5.92 Å². The van der Waals surface area contributed by atoms with Crippen LogP contribution in [0.5, 0.6) is 0 Å². The fourth-order valence-corrected chi connectivity index (χ4v) is 2.30. The van der Waals surface area contributed by atoms with Crippen LogP contribution in [-0.4, -0.2) is 50.0 Å². The molecule has 86 valence electrons. The Morgan fingerprint density at radius 3 is 3.00 bits per heavy atom. The maximum absolute atomic E-state index is 11.9. The molecular formula is C10H17FN2O2. The van der Waals surface area contributed by atoms with E-state index in [1.165, 1.54) is 6.42 Å². The number of ether oxygens (including phenoxy) is 1. The number of carbonyl (C=O) groups excluding carboxylic acids is 1. The lowest BCUT2D eigenvalue weighted by Gasteiger charge is -2.22. The highest BCUT2D eigenvalue weighted by molar-refractivity contribution is 5.67. The van der Waals surface area contributed by atoms with Gasteiger partial charge in [0.25, 0.3) is 0 Å². The van der Waals surface area contributed by atoms with Crippen molar-refractivity contribution in [2.75, 3.05) is 32.9 Å². The summed E-state index contributed by atoms with van der Waals surface area (Å²) < 4.78 is 16.7. The van der Waals surface area contributed by atoms with E-state index in [4.69, 9.17) is 4.74 Å². The van der Waals surface area contributed by atoms with Gasteiger partial charge >= 0.3 is 6.09 Å². The number of nitrogens with one attached hydrogen (secondary N) is 1. The van der Waals surface area contributed by atoms with Gasteiger partial charge in [0.05, 0.1) is 0 Å². The largest absolute Gasteiger partial charge is 0.447 e. The molecule has 2 unspecified atom stereocenters. The molecule has 0 radical (unpaired) electrons. The van der Waals surface area contributed by atoms with Gasteiger partial charge in [0.15, 0.2) is 0 Å². The highest BCUT2D eigenvalue weighted by Gasteiger charge is 2.31. The molecule has 5 heteroatoms. The van der Waals surface area contributed by atoms with Crippen molar-refractivity contribution in [3.05, 3.63) is 0 Å². The van der Waals surface area contributed by atoms with Crippen molar-refractivity contribution in [2.45, 2.75) is 18.9 Å². The second kappa shape index (κ2) is 4.79. The molecule has 3 aliphatic rings. The zero-order valence-electron chi connectivity index (χ0n) is 8.75. The topological polar surface area (TPSA) is 41.6 Å². The summed E-state index contributed by atoms with van der Waals surface area (Å²) in [5, 5.41) is 3.40. The van der Waals surface area contributed by atoms with E-state index in [0.29, 0.717) is 18.5 Å². The van der Waals surface area contributed by atoms with Crippen molar-refractivity contribution < 1.29 is 13.9 Å². The number of piperidine rings is 1. The van der Waals surface area contributed by atoms with E-state index in [2.05, 4.69) is 5.32 Å². The zero-order valence-corrected chi connectivity index (χ0v) is 8.75. The molecule has 0 spiro atoms. The molecule has 2 bridgehead atoms. The van der Waals surface area contributed by atoms with E-state index in [0.717, 1.165) is 19.5 Å². The zero-order chi connectivity index (χ0) is 10.7. The number of nitrogens with zero attached hydrogens (tertiary/aromatic N) is 1. The molecule has 1 N–H and O–H groups in total. The van der Waals surface area contributed by atoms with Gasteiger partial charge in [-0.05, 0) is 25.3 Å². The normalized spacial score (nSPS) is 30.1. The van der Waals surface area contributed by atoms with E-state index in [-0.39, 0.29) is 12.7 Å². The summed E-state index contributed by atoms with van der Waals surface area (Å²) in [6.45, 7) is 1.69. The smallest absolute Gasteiger partial charge is 0.409 e. The van der Waals surface area contributed by atoms with Gasteiger partial charge in [0.1, 0.15) is 13.3 Å². The van der Waals surface area contributed by atoms with Gasteiger partial charge in [-0.3, -0.25) is 0 Å². The van der Waals surface area contributed by atoms with Crippen LogP contribution in [0, 0.1) is 5.92 Å². The molecule has 1 amide bonds. The molecule has 3 fully saturated rings. The minimum Gasteiger partial charge on any atom is -0.447 e. The van der Waals surface area contributed by atoms with Crippen LogP contribution in [0.1, 0.15) is 12.8 Å². The summed E-state index contributed by atoms with van der Waals surface area (Å²) in [4.78, 5) is 13.2. The predicted molar refractivity (Wildman–Crippen MR) is 53.4 cm³/mol. The summed E-state index contributed by atoms with van der Waals surface area (Å²) in [6, 6.07) is 0.390. The molecule has 0 saturated carbocycles. The van der Waals surface area contributed by atoms with Crippen LogP contribution in [-0.2, 0) is 4.74 Å². The van der Waals surface area contributed by atoms with E-state index < -0.39 is 6.67 Å². The number of halogens is 1. The Labute approximate surface area is 88.8 Å². The van der Waals surface area contributed by atoms with Crippen LogP contribution in [0.4, 0.5) is 9.18 Å². The maximum atomic E-state index is 11.9. The van der Waals surface area contributed by atoms with Gasteiger partial charge in [-0.2, -0.15) is 0 Å². The molecule has 3 aliphatic heterocycles. The van der Waals surface area contributed by atoms with Crippen molar-refractivity contribution in [3.63, 3.8) is 0 Å². The Kier molecular flexibility index (Phi) is 3.41. The molecule has 0 aromatic heterocycles. The van der Waals surface area contributed by atoms with Gasteiger partial charge in [-0.1, -0.05) is 0 Å². The summed E-state index contributed by atoms with van der Waals surface area (Å²) in [6.07, 6.45) is 1.93. The summed E-state index contributed by atoms with van der Waals surface area (Å²) >= 11 is 0. The molecule has 0 aromatic carbocycles. The van der Waals surface area contributed by atoms with Gasteiger partial charge in [-0.15, -0.1) is 0 Å². The van der Waals surface area contributed by atoms with Crippen LogP contribution in [0.15, 0.2) is 0 Å². The average Bonchev–Trinajstić information content (AvgIpc) is 2.58. The monoisotopic (exact) mass is 216 g/mol. The van der Waals surface area contributed by atoms with Gasteiger partial charge in [0.2, 0.25) is 0 Å². The fraction of sp³-hybridized carbons (Fsp3) is 0.900. The summed E-state index contributed by atoms with van der Waals surface area (Å²) in [5.41, 5.74) is 0. The molecule has 15 heavy (non-hydrogen) atoms. The first-order chi connectivity index (χ1) is 7.29. The van der Waals surface area contributed by atoms with Gasteiger partial charge in [0, 0.05) is 19.1 Å². The van der Waals surface area contributed by atoms with E-state index in [1.54, 1.807) is 4.90 Å². The number of alkyl halides is 1. The van der Waals surface area contributed by atoms with Crippen molar-refractivity contribution in [1.82, 2.24) is 10.2 Å². The first-order valence-corrected chi connectivity index (χ1v) is 5.50. The third-order valence-corrected chi connectivity index (χ3v) is 3.10. The van der Waals surface area contributed by atoms with Crippen LogP contribution in [0.25, 0.3) is 0 Å². The SMILES string of the molecule is O=C(OCCF)N1CC2CCC(C1)NC2. The predicted octanol–water partition coefficient (Wildman–Crippen LogP) is 0.776. The highest BCUT2D eigenvalue weighted by Crippen LogP contribution is 2.21. The van der Waals surface area contributed by atoms with Crippen LogP contribution in [0.3, 0.4) is 0 Å². The molecular weight excluding hydrogens is 199 g/mol. The lowest BCUT2D eigenvalue weighted by molar-refractivity contribution is 0.0948. The third kappa shape index (κ3) is 2.59. The Balaban J connectivity index is 1.89. The van der Waals surface area contributed by atoms with Crippen molar-refractivity contribution >= 4 is 6.09 Å². The summed E-state index contributed by atoms with van der Waals surface area (Å²) in [5.74, 6) is 0.529. The molecule has 3 rings (SSSR count). The standard InChI is InChI=1S/C10H17FN2O2/c11-3-4-15-10(14)13-6-8-1-2-9(7-13)12-5-8/h8-9,12H,1-7H2. The molecule has 4 nitrogen and oxygen atoms in total. The molecule has 3 heterocycles. The lowest BCUT2D eigenvalue weighted by atomic mass is 9.97. The van der Waals surface area contributed by atoms with Crippen molar-refractivity contribution in [3.8, 4) is 0 Å². The quantitative estimate of drug-likeness (QED) is 0.741. The lowest BCUT2D eigenvalue weighted by Crippen LogP contribution is -2.40. The van der Waals surface area contributed by atoms with E-state index in [9.17, 15) is 9.18 Å². The number of rotatable bonds is 2. The molecule has 0 aliphatic carbocycles. The third-order valence-electron chi connectivity index (χ3n) is 3.10. The second-order valence-electron chi connectivity index (χ2n) is 4.26. The Bertz CT molecular complexity index is 215. The van der Waals surface area contributed by atoms with Crippen molar-refractivity contribution in [1.29, 1.82) is 0 Å². The minimum atomic E-state index is -0.606. The van der Waals surface area contributed by atoms with Gasteiger partial charge in [-0.25, -0.2) is 9.18 Å². The Hall–Kier alpha value is -0.840. The first-order valence-electron chi connectivity index (χ1n) is 5.50. The van der Waals surface area contributed by atoms with Crippen LogP contribution < -0.4 is 5.32 Å². The molecule has 3 saturated heterocycles. The Morgan fingerprint density at radius 2 is 2.33 bits per heavy atom. The Morgan fingerprint density at radius 1 is 1.47 bits per heavy atom. The number of hydrogen-bond donors (Lipinski definition) is 1. The first kappa shape index (κ1) is 10.7. The summed E-state index contributed by atoms with van der Waals surface area (Å²) in [7, 11) is 0. The molecule has 2 atom stereocenters. The second-order valence-corrected chi connectivity index (χ2v) is 4.26. The minimum absolute atomic E-state index is 0.127. The number of amides is 1. The van der Waals surface area contributed by atoms with Crippen LogP contribution in [0.2, 0.25) is 0 Å². The number of fused-ring (bicyclic) bond motifs is 4.